The van der Waals surface area contributed by atoms with Crippen LogP contribution in [0.3, 0.4) is 0 Å². The predicted molar refractivity (Wildman–Crippen MR) is 74.4 cm³/mol. The second-order valence-corrected chi connectivity index (χ2v) is 5.29. The summed E-state index contributed by atoms with van der Waals surface area (Å²) in [7, 11) is 0. The third-order valence-electron chi connectivity index (χ3n) is 2.30. The van der Waals surface area contributed by atoms with E-state index in [1.807, 2.05) is 0 Å². The number of nitrogens with zero attached hydrogens (tertiary/aromatic N) is 3. The van der Waals surface area contributed by atoms with Crippen LogP contribution in [0.25, 0.3) is 0 Å². The van der Waals surface area contributed by atoms with E-state index in [0.717, 1.165) is 25.5 Å². The molecule has 0 aliphatic carbocycles. The van der Waals surface area contributed by atoms with Crippen molar-refractivity contribution >= 4 is 12.4 Å². The monoisotopic (exact) mass is 276 g/mol. The minimum absolute atomic E-state index is 0. The van der Waals surface area contributed by atoms with Crippen LogP contribution in [-0.4, -0.2) is 28.1 Å². The zero-order chi connectivity index (χ0) is 12.8. The van der Waals surface area contributed by atoms with Gasteiger partial charge in [0.05, 0.1) is 13.1 Å². The highest BCUT2D eigenvalue weighted by Gasteiger charge is 2.13. The molecule has 1 rings (SSSR count). The van der Waals surface area contributed by atoms with Crippen LogP contribution in [-0.2, 0) is 13.1 Å². The molecule has 0 fully saturated rings. The van der Waals surface area contributed by atoms with Gasteiger partial charge in [0.1, 0.15) is 0 Å². The molecule has 1 aromatic heterocycles. The summed E-state index contributed by atoms with van der Waals surface area (Å²) < 4.78 is 5.01. The van der Waals surface area contributed by atoms with Crippen LogP contribution in [0.4, 0.5) is 0 Å². The van der Waals surface area contributed by atoms with Crippen molar-refractivity contribution in [3.05, 3.63) is 11.7 Å². The average molecular weight is 277 g/mol. The van der Waals surface area contributed by atoms with Gasteiger partial charge in [-0.05, 0) is 11.8 Å². The van der Waals surface area contributed by atoms with Gasteiger partial charge in [-0.1, -0.05) is 32.9 Å². The topological polar surface area (TPSA) is 68.2 Å². The summed E-state index contributed by atoms with van der Waals surface area (Å²) in [5, 5.41) is 3.93. The van der Waals surface area contributed by atoms with E-state index >= 15 is 0 Å². The van der Waals surface area contributed by atoms with Gasteiger partial charge in [-0.3, -0.25) is 4.90 Å². The Morgan fingerprint density at radius 2 is 1.72 bits per heavy atom. The lowest BCUT2D eigenvalue weighted by Gasteiger charge is -2.24. The Morgan fingerprint density at radius 3 is 2.11 bits per heavy atom. The molecule has 0 unspecified atom stereocenters. The average Bonchev–Trinajstić information content (AvgIpc) is 2.63. The number of aromatic nitrogens is 2. The summed E-state index contributed by atoms with van der Waals surface area (Å²) in [5.41, 5.74) is 5.45. The molecule has 2 N–H and O–H groups in total. The fourth-order valence-corrected chi connectivity index (χ4v) is 1.87. The molecular formula is C12H25ClN4O. The third-order valence-corrected chi connectivity index (χ3v) is 2.30. The third kappa shape index (κ3) is 6.33. The first-order valence-electron chi connectivity index (χ1n) is 6.25. The Balaban J connectivity index is 0.00000289. The predicted octanol–water partition coefficient (Wildman–Crippen LogP) is 2.06. The molecular weight excluding hydrogens is 252 g/mol. The van der Waals surface area contributed by atoms with Crippen LogP contribution >= 0.6 is 12.4 Å². The van der Waals surface area contributed by atoms with E-state index in [0.29, 0.717) is 24.3 Å². The molecule has 0 aliphatic heterocycles. The van der Waals surface area contributed by atoms with Crippen molar-refractivity contribution in [2.24, 2.45) is 17.6 Å². The minimum Gasteiger partial charge on any atom is -0.338 e. The fourth-order valence-electron chi connectivity index (χ4n) is 1.87. The summed E-state index contributed by atoms with van der Waals surface area (Å²) in [6.45, 7) is 12.0. The Bertz CT molecular complexity index is 318. The molecule has 0 radical (unpaired) electrons. The van der Waals surface area contributed by atoms with Crippen LogP contribution < -0.4 is 5.73 Å². The van der Waals surface area contributed by atoms with Crippen molar-refractivity contribution < 1.29 is 4.52 Å². The van der Waals surface area contributed by atoms with Gasteiger partial charge >= 0.3 is 0 Å². The molecule has 6 heteroatoms. The van der Waals surface area contributed by atoms with Gasteiger partial charge in [-0.15, -0.1) is 12.4 Å². The second kappa shape index (κ2) is 8.45. The maximum absolute atomic E-state index is 5.45. The van der Waals surface area contributed by atoms with E-state index in [1.165, 1.54) is 0 Å². The summed E-state index contributed by atoms with van der Waals surface area (Å²) >= 11 is 0. The van der Waals surface area contributed by atoms with Gasteiger partial charge in [0.15, 0.2) is 5.82 Å². The second-order valence-electron chi connectivity index (χ2n) is 5.29. The van der Waals surface area contributed by atoms with Crippen LogP contribution in [0.5, 0.6) is 0 Å². The van der Waals surface area contributed by atoms with E-state index in [2.05, 4.69) is 42.7 Å². The maximum Gasteiger partial charge on any atom is 0.240 e. The first-order valence-corrected chi connectivity index (χ1v) is 6.25. The summed E-state index contributed by atoms with van der Waals surface area (Å²) in [6.07, 6.45) is 0. The minimum atomic E-state index is 0. The van der Waals surface area contributed by atoms with E-state index < -0.39 is 0 Å². The van der Waals surface area contributed by atoms with Crippen molar-refractivity contribution in [1.82, 2.24) is 15.0 Å². The normalized spacial score (nSPS) is 11.3. The molecule has 0 amide bonds. The highest BCUT2D eigenvalue weighted by Crippen LogP contribution is 2.08. The number of nitrogens with two attached hydrogens (primary N) is 1. The Morgan fingerprint density at radius 1 is 1.17 bits per heavy atom. The highest BCUT2D eigenvalue weighted by molar-refractivity contribution is 5.85. The number of rotatable bonds is 7. The maximum atomic E-state index is 5.45. The van der Waals surface area contributed by atoms with Crippen LogP contribution in [0.15, 0.2) is 4.52 Å². The quantitative estimate of drug-likeness (QED) is 0.826. The van der Waals surface area contributed by atoms with Gasteiger partial charge in [0, 0.05) is 13.1 Å². The van der Waals surface area contributed by atoms with Gasteiger partial charge in [-0.25, -0.2) is 0 Å². The molecule has 1 aromatic rings. The molecule has 0 spiro atoms. The molecule has 0 atom stereocenters. The van der Waals surface area contributed by atoms with Gasteiger partial charge in [-0.2, -0.15) is 4.98 Å². The van der Waals surface area contributed by atoms with Crippen LogP contribution in [0.1, 0.15) is 39.4 Å². The van der Waals surface area contributed by atoms with Crippen molar-refractivity contribution in [3.8, 4) is 0 Å². The summed E-state index contributed by atoms with van der Waals surface area (Å²) in [4.78, 5) is 6.60. The Labute approximate surface area is 116 Å². The lowest BCUT2D eigenvalue weighted by molar-refractivity contribution is 0.204. The van der Waals surface area contributed by atoms with Crippen LogP contribution in [0.2, 0.25) is 0 Å². The fraction of sp³-hybridized carbons (Fsp3) is 0.833. The Hall–Kier alpha value is -0.650. The first-order chi connectivity index (χ1) is 8.01. The zero-order valence-electron chi connectivity index (χ0n) is 11.7. The smallest absolute Gasteiger partial charge is 0.240 e. The molecule has 106 valence electrons. The Kier molecular flexibility index (Phi) is 8.15. The van der Waals surface area contributed by atoms with E-state index in [4.69, 9.17) is 10.3 Å². The molecule has 0 aliphatic rings. The summed E-state index contributed by atoms with van der Waals surface area (Å²) in [6, 6.07) is 0. The molecule has 1 heterocycles. The molecule has 18 heavy (non-hydrogen) atoms. The highest BCUT2D eigenvalue weighted by atomic mass is 35.5. The lowest BCUT2D eigenvalue weighted by atomic mass is 10.1. The van der Waals surface area contributed by atoms with Gasteiger partial charge in [0.2, 0.25) is 5.89 Å². The lowest BCUT2D eigenvalue weighted by Crippen LogP contribution is -2.31. The molecule has 0 saturated heterocycles. The number of hydrogen-bond acceptors (Lipinski definition) is 5. The van der Waals surface area contributed by atoms with Gasteiger partial charge in [0.25, 0.3) is 0 Å². The largest absolute Gasteiger partial charge is 0.338 e. The van der Waals surface area contributed by atoms with E-state index in [1.54, 1.807) is 0 Å². The van der Waals surface area contributed by atoms with Crippen LogP contribution in [0, 0.1) is 11.8 Å². The number of hydrogen-bond donors (Lipinski definition) is 1. The first kappa shape index (κ1) is 17.4. The zero-order valence-corrected chi connectivity index (χ0v) is 12.5. The molecule has 5 nitrogen and oxygen atoms in total. The van der Waals surface area contributed by atoms with Crippen molar-refractivity contribution in [1.29, 1.82) is 0 Å². The standard InChI is InChI=1S/C12H24N4O.ClH/c1-9(2)6-16(7-10(3)4)8-11-14-12(5-13)17-15-11;/h9-10H,5-8,13H2,1-4H3;1H. The SMILES string of the molecule is CC(C)CN(Cc1noc(CN)n1)CC(C)C.Cl. The molecule has 0 aromatic carbocycles. The van der Waals surface area contributed by atoms with E-state index in [9.17, 15) is 0 Å². The summed E-state index contributed by atoms with van der Waals surface area (Å²) in [5.74, 6) is 2.50. The van der Waals surface area contributed by atoms with Crippen molar-refractivity contribution in [2.45, 2.75) is 40.8 Å². The molecule has 0 bridgehead atoms. The van der Waals surface area contributed by atoms with Gasteiger partial charge < -0.3 is 10.3 Å². The van der Waals surface area contributed by atoms with Crippen molar-refractivity contribution in [2.75, 3.05) is 13.1 Å². The van der Waals surface area contributed by atoms with Crippen molar-refractivity contribution in [3.63, 3.8) is 0 Å². The number of halogens is 1. The molecule has 0 saturated carbocycles. The van der Waals surface area contributed by atoms with E-state index in [-0.39, 0.29) is 12.4 Å².